The number of rotatable bonds is 29. The number of carbonyl (C=O) groups excluding carboxylic acids is 8. The Bertz CT molecular complexity index is 2580. The third-order valence-electron chi connectivity index (χ3n) is 11.9. The number of unbranched alkanes of at least 4 members (excludes halogenated alkanes) is 1. The second kappa shape index (κ2) is 29.0. The van der Waals surface area contributed by atoms with E-state index in [-0.39, 0.29) is 61.7 Å². The molecule has 0 aliphatic carbocycles. The van der Waals surface area contributed by atoms with Gasteiger partial charge < -0.3 is 79.8 Å². The lowest BCUT2D eigenvalue weighted by Gasteiger charge is -2.28. The third-order valence-corrected chi connectivity index (χ3v) is 12.6. The van der Waals surface area contributed by atoms with Crippen molar-refractivity contribution in [1.29, 1.82) is 0 Å². The predicted molar refractivity (Wildman–Crippen MR) is 281 cm³/mol. The highest BCUT2D eigenvalue weighted by atomic mass is 32.1. The van der Waals surface area contributed by atoms with Crippen LogP contribution in [-0.4, -0.2) is 145 Å². The molecule has 18 N–H and O–H groups in total. The van der Waals surface area contributed by atoms with E-state index in [1.165, 1.54) is 49.4 Å². The normalized spacial score (nSPS) is 14.9. The first kappa shape index (κ1) is 59.5. The first-order valence-electron chi connectivity index (χ1n) is 23.8. The monoisotopic (exact) mass is 1070 g/mol. The lowest BCUT2D eigenvalue weighted by Crippen LogP contribution is -2.61. The Hall–Kier alpha value is -7.06. The molecule has 402 valence electrons. The van der Waals surface area contributed by atoms with Crippen LogP contribution in [0.3, 0.4) is 0 Å². The van der Waals surface area contributed by atoms with Gasteiger partial charge in [-0.1, -0.05) is 43.3 Å². The van der Waals surface area contributed by atoms with Crippen molar-refractivity contribution in [2.24, 2.45) is 17.2 Å². The van der Waals surface area contributed by atoms with E-state index in [1.807, 2.05) is 12.1 Å². The molecule has 0 fully saturated rings. The summed E-state index contributed by atoms with van der Waals surface area (Å²) in [6, 6.07) is 6.20. The maximum absolute atomic E-state index is 14.6. The molecule has 0 saturated carbocycles. The van der Waals surface area contributed by atoms with E-state index in [9.17, 15) is 58.8 Å². The Labute approximate surface area is 438 Å². The Kier molecular flexibility index (Phi) is 23.3. The molecule has 8 amide bonds. The zero-order valence-corrected chi connectivity index (χ0v) is 42.7. The quantitative estimate of drug-likeness (QED) is 0.0164. The zero-order valence-electron chi connectivity index (χ0n) is 40.9. The number of hydrogen-bond donors (Lipinski definition) is 17. The highest BCUT2D eigenvalue weighted by Gasteiger charge is 2.35. The van der Waals surface area contributed by atoms with Crippen molar-refractivity contribution in [3.05, 3.63) is 89.6 Å². The van der Waals surface area contributed by atoms with Crippen molar-refractivity contribution in [2.75, 3.05) is 18.1 Å². The molecule has 0 radical (unpaired) electrons. The fraction of sp³-hybridized carbons (Fsp3) is 0.429. The van der Waals surface area contributed by atoms with Gasteiger partial charge in [0, 0.05) is 41.4 Å². The van der Waals surface area contributed by atoms with Gasteiger partial charge in [-0.05, 0) is 92.6 Å². The fourth-order valence-corrected chi connectivity index (χ4v) is 8.19. The summed E-state index contributed by atoms with van der Waals surface area (Å²) in [7, 11) is 0. The molecule has 0 aliphatic rings. The topological polar surface area (TPSA) is 396 Å². The molecule has 0 spiro atoms. The van der Waals surface area contributed by atoms with Crippen LogP contribution in [0, 0.1) is 0 Å². The van der Waals surface area contributed by atoms with Gasteiger partial charge >= 0.3 is 0 Å². The molecule has 4 aromatic rings. The smallest absolute Gasteiger partial charge is 0.244 e. The minimum atomic E-state index is -1.47. The van der Waals surface area contributed by atoms with Crippen molar-refractivity contribution in [3.63, 3.8) is 0 Å². The van der Waals surface area contributed by atoms with Gasteiger partial charge in [0.05, 0.1) is 12.1 Å². The number of aromatic nitrogens is 1. The minimum absolute atomic E-state index is 0.0165. The molecule has 25 heteroatoms. The summed E-state index contributed by atoms with van der Waals surface area (Å²) in [5.74, 6) is -8.13. The molecule has 1 heterocycles. The molecule has 3 aromatic carbocycles. The average molecular weight is 1070 g/mol. The van der Waals surface area contributed by atoms with E-state index in [0.29, 0.717) is 29.5 Å². The number of carbonyl (C=O) groups is 8. The molecule has 4 rings (SSSR count). The van der Waals surface area contributed by atoms with E-state index in [0.717, 1.165) is 10.9 Å². The number of thiol groups is 2. The zero-order chi connectivity index (χ0) is 54.6. The van der Waals surface area contributed by atoms with Crippen molar-refractivity contribution >= 4 is 83.4 Å². The molecule has 1 aromatic heterocycles. The summed E-state index contributed by atoms with van der Waals surface area (Å²) < 4.78 is 0. The van der Waals surface area contributed by atoms with E-state index >= 15 is 0 Å². The van der Waals surface area contributed by atoms with Gasteiger partial charge in [-0.3, -0.25) is 38.4 Å². The Morgan fingerprint density at radius 3 is 1.70 bits per heavy atom. The second-order valence-corrected chi connectivity index (χ2v) is 18.4. The Morgan fingerprint density at radius 1 is 0.608 bits per heavy atom. The summed E-state index contributed by atoms with van der Waals surface area (Å²) >= 11 is 8.42. The highest BCUT2D eigenvalue weighted by molar-refractivity contribution is 7.80. The number of aliphatic hydroxyl groups is 1. The van der Waals surface area contributed by atoms with Gasteiger partial charge in [-0.25, -0.2) is 0 Å². The maximum atomic E-state index is 14.6. The Balaban J connectivity index is 1.61. The van der Waals surface area contributed by atoms with Crippen LogP contribution in [0.4, 0.5) is 0 Å². The number of phenols is 3. The molecule has 9 atom stereocenters. The molecule has 0 aliphatic heterocycles. The predicted octanol–water partition coefficient (Wildman–Crippen LogP) is -1.70. The van der Waals surface area contributed by atoms with Crippen molar-refractivity contribution in [3.8, 4) is 17.2 Å². The van der Waals surface area contributed by atoms with Gasteiger partial charge in [-0.2, -0.15) is 25.3 Å². The minimum Gasteiger partial charge on any atom is -0.508 e. The van der Waals surface area contributed by atoms with E-state index in [4.69, 9.17) is 17.2 Å². The maximum Gasteiger partial charge on any atom is 0.244 e. The molecule has 74 heavy (non-hydrogen) atoms. The number of nitrogens with two attached hydrogens (primary N) is 3. The molecule has 0 bridgehead atoms. The van der Waals surface area contributed by atoms with Crippen molar-refractivity contribution in [1.82, 2.24) is 42.2 Å². The van der Waals surface area contributed by atoms with Crippen LogP contribution in [0.2, 0.25) is 0 Å². The van der Waals surface area contributed by atoms with Gasteiger partial charge in [0.15, 0.2) is 11.5 Å². The summed E-state index contributed by atoms with van der Waals surface area (Å²) in [4.78, 5) is 112. The number of hydrogen-bond acceptors (Lipinski definition) is 16. The number of benzene rings is 3. The average Bonchev–Trinajstić information content (AvgIpc) is 3.78. The van der Waals surface area contributed by atoms with Crippen LogP contribution in [0.15, 0.2) is 72.9 Å². The van der Waals surface area contributed by atoms with Crippen LogP contribution in [0.5, 0.6) is 17.2 Å². The number of amides is 8. The van der Waals surface area contributed by atoms with Gasteiger partial charge in [0.1, 0.15) is 48.0 Å². The van der Waals surface area contributed by atoms with Crippen LogP contribution in [0.1, 0.15) is 56.2 Å². The van der Waals surface area contributed by atoms with Crippen LogP contribution < -0.4 is 54.4 Å². The SMILES string of the molecule is CC[C@H](NC(=O)[C@H](CCCCN)NC(=O)[C@@H](Cc1c[nH]c2ccccc12)NC(=O)[C@H](Cc1ccc(O)cc1)NC(=O)[C@H](CS)NC(=O)[C@@H](N)Cc1ccc(O)c(O)c1)C(=O)N[C@@H](CS)C(=O)N[C@H](C(N)=O)[C@@H](C)O. The van der Waals surface area contributed by atoms with Gasteiger partial charge in [0.2, 0.25) is 47.3 Å². The second-order valence-electron chi connectivity index (χ2n) is 17.6. The summed E-state index contributed by atoms with van der Waals surface area (Å²) in [5, 5.41) is 58.3. The van der Waals surface area contributed by atoms with Gasteiger partial charge in [0.25, 0.3) is 0 Å². The van der Waals surface area contributed by atoms with Gasteiger partial charge in [-0.15, -0.1) is 0 Å². The first-order valence-corrected chi connectivity index (χ1v) is 25.1. The number of para-hydroxylation sites is 1. The highest BCUT2D eigenvalue weighted by Crippen LogP contribution is 2.25. The van der Waals surface area contributed by atoms with E-state index in [1.54, 1.807) is 25.3 Å². The number of fused-ring (bicyclic) bond motifs is 1. The van der Waals surface area contributed by atoms with Crippen LogP contribution in [-0.2, 0) is 57.6 Å². The van der Waals surface area contributed by atoms with Crippen LogP contribution in [0.25, 0.3) is 10.9 Å². The number of phenolic OH excluding ortho intramolecular Hbond substituents is 3. The number of aliphatic hydroxyl groups excluding tert-OH is 1. The summed E-state index contributed by atoms with van der Waals surface area (Å²) in [6.07, 6.45) is 0.762. The number of H-pyrrole nitrogens is 1. The third kappa shape index (κ3) is 17.6. The number of nitrogens with one attached hydrogen (secondary N) is 8. The lowest BCUT2D eigenvalue weighted by atomic mass is 10.0. The molecule has 23 nitrogen and oxygen atoms in total. The van der Waals surface area contributed by atoms with Crippen LogP contribution >= 0.6 is 25.3 Å². The largest absolute Gasteiger partial charge is 0.508 e. The molecular formula is C49H67N11O12S2. The number of primary amides is 1. The van der Waals surface area contributed by atoms with E-state index < -0.39 is 107 Å². The molecule has 0 unspecified atom stereocenters. The standard InChI is InChI=1S/C49H67N11O12S2/c1-3-32(44(67)59-38(24-74)49(72)60-41(25(2)61)42(52)65)54-45(68)34(10-6-7-17-50)55-47(70)36(21-28-22-53-33-9-5-4-8-30(28)33)57-46(69)35(19-26-11-14-29(62)15-12-26)56-48(71)37(23-73)58-43(66)31(51)18-27-13-16-39(63)40(64)20-27/h4-5,8-9,11-16,20,22,25,31-32,34-38,41,53,61-64,73-74H,3,6-7,10,17-19,21,23-24,50-51H2,1-2H3,(H2,52,65)(H,54,68)(H,55,70)(H,56,71)(H,57,69)(H,58,66)(H,59,67)(H,60,72)/t25-,31+,32+,34+,35+,36-,37+,38+,41+/m1/s1. The van der Waals surface area contributed by atoms with Crippen molar-refractivity contribution in [2.45, 2.75) is 113 Å². The lowest BCUT2D eigenvalue weighted by molar-refractivity contribution is -0.135. The number of aromatic amines is 1. The summed E-state index contributed by atoms with van der Waals surface area (Å²) in [6.45, 7) is 3.09. The van der Waals surface area contributed by atoms with E-state index in [2.05, 4.69) is 67.5 Å². The first-order chi connectivity index (χ1) is 35.2. The number of aromatic hydroxyl groups is 3. The summed E-state index contributed by atoms with van der Waals surface area (Å²) in [5.41, 5.74) is 19.4. The molecular weight excluding hydrogens is 999 g/mol. The fourth-order valence-electron chi connectivity index (χ4n) is 7.68. The van der Waals surface area contributed by atoms with Crippen molar-refractivity contribution < 1.29 is 58.8 Å². The Morgan fingerprint density at radius 2 is 1.12 bits per heavy atom. The molecule has 0 saturated heterocycles.